The van der Waals surface area contributed by atoms with E-state index in [-0.39, 0.29) is 17.1 Å². The molecule has 0 N–H and O–H groups in total. The maximum atomic E-state index is 13.2. The minimum absolute atomic E-state index is 0.222. The van der Waals surface area contributed by atoms with Crippen LogP contribution >= 0.6 is 0 Å². The Kier molecular flexibility index (Phi) is 4.44. The van der Waals surface area contributed by atoms with E-state index in [1.165, 1.54) is 37.8 Å². The Morgan fingerprint density at radius 2 is 1.93 bits per heavy atom. The van der Waals surface area contributed by atoms with Gasteiger partial charge in [0.1, 0.15) is 5.82 Å². The van der Waals surface area contributed by atoms with Crippen molar-refractivity contribution in [3.05, 3.63) is 35.9 Å². The molecule has 1 amide bonds. The average Bonchev–Trinajstić information content (AvgIpc) is 3.63. The van der Waals surface area contributed by atoms with E-state index in [1.54, 1.807) is 12.1 Å². The van der Waals surface area contributed by atoms with Crippen LogP contribution in [0.5, 0.6) is 0 Å². The van der Waals surface area contributed by atoms with Crippen LogP contribution in [0.3, 0.4) is 0 Å². The fourth-order valence-corrected chi connectivity index (χ4v) is 4.51. The molecule has 28 heavy (non-hydrogen) atoms. The van der Waals surface area contributed by atoms with Crippen molar-refractivity contribution in [3.63, 3.8) is 0 Å². The second kappa shape index (κ2) is 6.98. The van der Waals surface area contributed by atoms with Crippen LogP contribution in [0.25, 0.3) is 11.5 Å². The van der Waals surface area contributed by atoms with Crippen LogP contribution in [0.1, 0.15) is 57.2 Å². The topological polar surface area (TPSA) is 59.2 Å². The highest BCUT2D eigenvalue weighted by Gasteiger charge is 2.46. The van der Waals surface area contributed by atoms with Crippen molar-refractivity contribution in [2.45, 2.75) is 56.8 Å². The highest BCUT2D eigenvalue weighted by Crippen LogP contribution is 2.46. The molecule has 2 saturated carbocycles. The molecule has 0 bridgehead atoms. The molecule has 0 radical (unpaired) electrons. The first-order chi connectivity index (χ1) is 13.6. The molecule has 148 valence electrons. The molecule has 2 aromatic rings. The summed E-state index contributed by atoms with van der Waals surface area (Å²) in [6, 6.07) is 6.12. The maximum absolute atomic E-state index is 13.2. The normalized spacial score (nSPS) is 25.1. The standard InChI is InChI=1S/C22H26FN3O2/c23-18-8-6-17(7-9-18)20-24-21(25-28-20)22(13-16-4-5-16)10-1-11-26(14-22)19(27)12-15-2-3-15/h6-9,15-16H,1-5,10-14H2. The third-order valence-electron chi connectivity index (χ3n) is 6.46. The second-order valence-electron chi connectivity index (χ2n) is 8.92. The zero-order chi connectivity index (χ0) is 19.1. The Balaban J connectivity index is 1.41. The lowest BCUT2D eigenvalue weighted by atomic mass is 9.74. The lowest BCUT2D eigenvalue weighted by molar-refractivity contribution is -0.134. The summed E-state index contributed by atoms with van der Waals surface area (Å²) in [6.45, 7) is 1.53. The number of rotatable bonds is 6. The van der Waals surface area contributed by atoms with E-state index in [1.807, 2.05) is 4.90 Å². The number of amides is 1. The van der Waals surface area contributed by atoms with E-state index in [0.29, 0.717) is 36.5 Å². The van der Waals surface area contributed by atoms with Gasteiger partial charge in [-0.05, 0) is 68.2 Å². The minimum atomic E-state index is -0.286. The van der Waals surface area contributed by atoms with Crippen molar-refractivity contribution < 1.29 is 13.7 Å². The zero-order valence-corrected chi connectivity index (χ0v) is 16.1. The van der Waals surface area contributed by atoms with E-state index in [0.717, 1.165) is 31.4 Å². The number of nitrogens with zero attached hydrogens (tertiary/aromatic N) is 3. The Morgan fingerprint density at radius 1 is 1.18 bits per heavy atom. The predicted molar refractivity (Wildman–Crippen MR) is 102 cm³/mol. The predicted octanol–water partition coefficient (Wildman–Crippen LogP) is 4.34. The summed E-state index contributed by atoms with van der Waals surface area (Å²) < 4.78 is 18.8. The van der Waals surface area contributed by atoms with Crippen LogP contribution in [-0.2, 0) is 10.2 Å². The molecule has 1 aliphatic heterocycles. The van der Waals surface area contributed by atoms with Crippen LogP contribution in [0.2, 0.25) is 0 Å². The Hall–Kier alpha value is -2.24. The lowest BCUT2D eigenvalue weighted by Gasteiger charge is -2.41. The Bertz CT molecular complexity index is 857. The third-order valence-corrected chi connectivity index (χ3v) is 6.46. The van der Waals surface area contributed by atoms with E-state index >= 15 is 0 Å². The number of carbonyl (C=O) groups excluding carboxylic acids is 1. The van der Waals surface area contributed by atoms with Gasteiger partial charge in [0.15, 0.2) is 5.82 Å². The summed E-state index contributed by atoms with van der Waals surface area (Å²) in [4.78, 5) is 19.5. The summed E-state index contributed by atoms with van der Waals surface area (Å²) in [5.74, 6) is 2.43. The van der Waals surface area contributed by atoms with Gasteiger partial charge in [-0.1, -0.05) is 18.0 Å². The van der Waals surface area contributed by atoms with Gasteiger partial charge in [0.25, 0.3) is 5.89 Å². The van der Waals surface area contributed by atoms with Gasteiger partial charge in [0.05, 0.1) is 5.41 Å². The Labute approximate surface area is 164 Å². The molecule has 1 aromatic carbocycles. The summed E-state index contributed by atoms with van der Waals surface area (Å²) in [6.07, 6.45) is 8.55. The van der Waals surface area contributed by atoms with Crippen LogP contribution in [0.15, 0.2) is 28.8 Å². The van der Waals surface area contributed by atoms with E-state index in [2.05, 4.69) is 5.16 Å². The molecule has 3 aliphatic rings. The van der Waals surface area contributed by atoms with Gasteiger partial charge in [-0.2, -0.15) is 4.98 Å². The highest BCUT2D eigenvalue weighted by molar-refractivity contribution is 5.77. The third kappa shape index (κ3) is 3.69. The molecule has 1 atom stereocenters. The van der Waals surface area contributed by atoms with Crippen molar-refractivity contribution >= 4 is 5.91 Å². The number of benzene rings is 1. The van der Waals surface area contributed by atoms with Gasteiger partial charge in [-0.25, -0.2) is 4.39 Å². The monoisotopic (exact) mass is 383 g/mol. The lowest BCUT2D eigenvalue weighted by Crippen LogP contribution is -2.49. The van der Waals surface area contributed by atoms with Gasteiger partial charge in [0, 0.05) is 25.1 Å². The van der Waals surface area contributed by atoms with Gasteiger partial charge >= 0.3 is 0 Å². The number of aromatic nitrogens is 2. The Morgan fingerprint density at radius 3 is 2.64 bits per heavy atom. The molecule has 6 heteroatoms. The van der Waals surface area contributed by atoms with Gasteiger partial charge in [-0.3, -0.25) is 4.79 Å². The quantitative estimate of drug-likeness (QED) is 0.745. The first kappa shape index (κ1) is 17.8. The van der Waals surface area contributed by atoms with Crippen LogP contribution in [0, 0.1) is 17.7 Å². The van der Waals surface area contributed by atoms with Crippen LogP contribution < -0.4 is 0 Å². The maximum Gasteiger partial charge on any atom is 0.257 e. The van der Waals surface area contributed by atoms with E-state index in [4.69, 9.17) is 9.51 Å². The molecule has 5 rings (SSSR count). The molecular weight excluding hydrogens is 357 g/mol. The SMILES string of the molecule is O=C(CC1CC1)N1CCCC(CC2CC2)(c2noc(-c3ccc(F)cc3)n2)C1. The van der Waals surface area contributed by atoms with E-state index < -0.39 is 0 Å². The number of halogens is 1. The van der Waals surface area contributed by atoms with E-state index in [9.17, 15) is 9.18 Å². The van der Waals surface area contributed by atoms with Gasteiger partial charge < -0.3 is 9.42 Å². The first-order valence-corrected chi connectivity index (χ1v) is 10.5. The molecule has 5 nitrogen and oxygen atoms in total. The fraction of sp³-hybridized carbons (Fsp3) is 0.591. The second-order valence-corrected chi connectivity index (χ2v) is 8.92. The molecule has 2 aliphatic carbocycles. The number of piperidine rings is 1. The first-order valence-electron chi connectivity index (χ1n) is 10.5. The van der Waals surface area contributed by atoms with Crippen molar-refractivity contribution in [3.8, 4) is 11.5 Å². The van der Waals surface area contributed by atoms with Crippen molar-refractivity contribution in [1.82, 2.24) is 15.0 Å². The zero-order valence-electron chi connectivity index (χ0n) is 16.1. The molecular formula is C22H26FN3O2. The van der Waals surface area contributed by atoms with Crippen LogP contribution in [-0.4, -0.2) is 34.0 Å². The van der Waals surface area contributed by atoms with Gasteiger partial charge in [-0.15, -0.1) is 0 Å². The fourth-order valence-electron chi connectivity index (χ4n) is 4.51. The minimum Gasteiger partial charge on any atom is -0.342 e. The summed E-state index contributed by atoms with van der Waals surface area (Å²) in [5.41, 5.74) is 0.500. The summed E-state index contributed by atoms with van der Waals surface area (Å²) in [5, 5.41) is 4.34. The summed E-state index contributed by atoms with van der Waals surface area (Å²) >= 11 is 0. The molecule has 2 heterocycles. The molecule has 3 fully saturated rings. The van der Waals surface area contributed by atoms with Crippen molar-refractivity contribution in [2.24, 2.45) is 11.8 Å². The van der Waals surface area contributed by atoms with Crippen molar-refractivity contribution in [1.29, 1.82) is 0 Å². The number of carbonyl (C=O) groups is 1. The molecule has 1 unspecified atom stereocenters. The largest absolute Gasteiger partial charge is 0.342 e. The van der Waals surface area contributed by atoms with Gasteiger partial charge in [0.2, 0.25) is 5.91 Å². The van der Waals surface area contributed by atoms with Crippen molar-refractivity contribution in [2.75, 3.05) is 13.1 Å². The van der Waals surface area contributed by atoms with Crippen LogP contribution in [0.4, 0.5) is 4.39 Å². The average molecular weight is 383 g/mol. The highest BCUT2D eigenvalue weighted by atomic mass is 19.1. The smallest absolute Gasteiger partial charge is 0.257 e. The molecule has 1 saturated heterocycles. The number of likely N-dealkylation sites (tertiary alicyclic amines) is 1. The number of hydrogen-bond acceptors (Lipinski definition) is 4. The molecule has 0 spiro atoms. The molecule has 1 aromatic heterocycles. The number of hydrogen-bond donors (Lipinski definition) is 0. The summed E-state index contributed by atoms with van der Waals surface area (Å²) in [7, 11) is 0.